The van der Waals surface area contributed by atoms with Gasteiger partial charge in [0, 0.05) is 6.08 Å². The van der Waals surface area contributed by atoms with E-state index in [-0.39, 0.29) is 11.4 Å². The lowest BCUT2D eigenvalue weighted by Crippen LogP contribution is -2.61. The number of esters is 1. The summed E-state index contributed by atoms with van der Waals surface area (Å²) in [6.45, 7) is 5.45. The fourth-order valence-corrected chi connectivity index (χ4v) is 8.45. The average molecular weight is 359 g/mol. The average Bonchev–Trinajstić information content (AvgIpc) is 3.18. The van der Waals surface area contributed by atoms with Crippen molar-refractivity contribution in [3.05, 3.63) is 11.6 Å². The van der Waals surface area contributed by atoms with E-state index < -0.39 is 5.60 Å². The molecule has 3 heteroatoms. The third-order valence-corrected chi connectivity index (χ3v) is 9.88. The first-order chi connectivity index (χ1) is 12.4. The maximum atomic E-state index is 11.6. The van der Waals surface area contributed by atoms with Crippen molar-refractivity contribution in [2.45, 2.75) is 83.7 Å². The normalized spacial score (nSPS) is 53.3. The van der Waals surface area contributed by atoms with Gasteiger partial charge in [-0.25, -0.2) is 4.79 Å². The molecule has 1 N–H and O–H groups in total. The van der Waals surface area contributed by atoms with Crippen molar-refractivity contribution >= 4 is 5.97 Å². The summed E-state index contributed by atoms with van der Waals surface area (Å²) in [4.78, 5) is 11.6. The first kappa shape index (κ1) is 17.3. The van der Waals surface area contributed by atoms with Crippen molar-refractivity contribution in [1.82, 2.24) is 0 Å². The third kappa shape index (κ3) is 2.13. The van der Waals surface area contributed by atoms with Gasteiger partial charge >= 0.3 is 5.97 Å². The minimum Gasteiger partial charge on any atom is -0.458 e. The van der Waals surface area contributed by atoms with E-state index in [1.54, 1.807) is 6.08 Å². The highest BCUT2D eigenvalue weighted by molar-refractivity contribution is 5.85. The number of aliphatic hydroxyl groups is 1. The van der Waals surface area contributed by atoms with Crippen LogP contribution in [0.2, 0.25) is 0 Å². The highest BCUT2D eigenvalue weighted by Crippen LogP contribution is 2.69. The molecule has 3 nitrogen and oxygen atoms in total. The highest BCUT2D eigenvalue weighted by Gasteiger charge is 2.63. The number of hydrogen-bond acceptors (Lipinski definition) is 3. The molecule has 5 rings (SSSR count). The van der Waals surface area contributed by atoms with E-state index >= 15 is 0 Å². The largest absolute Gasteiger partial charge is 0.458 e. The molecular weight excluding hydrogens is 324 g/mol. The molecule has 144 valence electrons. The van der Waals surface area contributed by atoms with Crippen molar-refractivity contribution in [1.29, 1.82) is 0 Å². The monoisotopic (exact) mass is 358 g/mol. The number of carbonyl (C=O) groups is 1. The van der Waals surface area contributed by atoms with Gasteiger partial charge in [-0.1, -0.05) is 26.7 Å². The Bertz CT molecular complexity index is 654. The summed E-state index contributed by atoms with van der Waals surface area (Å²) < 4.78 is 5.24. The first-order valence-corrected chi connectivity index (χ1v) is 11.0. The number of cyclic esters (lactones) is 1. The van der Waals surface area contributed by atoms with E-state index in [0.717, 1.165) is 24.7 Å². The van der Waals surface area contributed by atoms with Crippen molar-refractivity contribution in [2.24, 2.45) is 34.5 Å². The van der Waals surface area contributed by atoms with Gasteiger partial charge in [-0.05, 0) is 91.4 Å². The van der Waals surface area contributed by atoms with Gasteiger partial charge in [0.15, 0.2) is 0 Å². The summed E-state index contributed by atoms with van der Waals surface area (Å²) in [5.41, 5.74) is 1.29. The number of fused-ring (bicyclic) bond motifs is 5. The van der Waals surface area contributed by atoms with Crippen LogP contribution in [0.4, 0.5) is 0 Å². The van der Waals surface area contributed by atoms with Crippen LogP contribution in [0.15, 0.2) is 11.6 Å². The van der Waals surface area contributed by atoms with Crippen molar-refractivity contribution in [3.63, 3.8) is 0 Å². The van der Waals surface area contributed by atoms with Crippen molar-refractivity contribution in [3.8, 4) is 0 Å². The quantitative estimate of drug-likeness (QED) is 0.695. The fourth-order valence-electron chi connectivity index (χ4n) is 8.45. The maximum absolute atomic E-state index is 11.6. The lowest BCUT2D eigenvalue weighted by atomic mass is 9.43. The number of ether oxygens (including phenoxy) is 1. The molecule has 1 heterocycles. The van der Waals surface area contributed by atoms with Crippen LogP contribution in [0.1, 0.15) is 78.1 Å². The standard InChI is InChI=1S/C23H34O3/c1-21-11-8-19-16(7-12-23(25)10-4-3-9-22(19,23)2)18(21)6-5-17(21)15-13-20(24)26-14-15/h13,16-19,25H,3-12,14H2,1-2H3/t16-,17+,18+,19-,21+,22+,23+/m0/s1. The summed E-state index contributed by atoms with van der Waals surface area (Å²) in [5, 5.41) is 11.5. The predicted octanol–water partition coefficient (Wildman–Crippen LogP) is 4.63. The van der Waals surface area contributed by atoms with Gasteiger partial charge in [0.05, 0.1) is 5.60 Å². The fraction of sp³-hybridized carbons (Fsp3) is 0.870. The Morgan fingerprint density at radius 2 is 1.81 bits per heavy atom. The van der Waals surface area contributed by atoms with Crippen molar-refractivity contribution < 1.29 is 14.6 Å². The van der Waals surface area contributed by atoms with Crippen LogP contribution < -0.4 is 0 Å². The molecule has 0 aromatic rings. The number of carbonyl (C=O) groups excluding carboxylic acids is 1. The second-order valence-corrected chi connectivity index (χ2v) is 10.6. The SMILES string of the molecule is C[C@]12CC[C@H]3[C@@H](CC[C@]4(O)CCCC[C@]34C)[C@H]1CC[C@@H]2C1=CC(=O)OC1. The zero-order chi connectivity index (χ0) is 18.2. The van der Waals surface area contributed by atoms with Gasteiger partial charge < -0.3 is 9.84 Å². The Morgan fingerprint density at radius 1 is 1.00 bits per heavy atom. The Kier molecular flexibility index (Phi) is 3.72. The number of rotatable bonds is 1. The van der Waals surface area contributed by atoms with Crippen molar-refractivity contribution in [2.75, 3.05) is 6.61 Å². The Hall–Kier alpha value is -0.830. The molecule has 26 heavy (non-hydrogen) atoms. The van der Waals surface area contributed by atoms with Gasteiger partial charge in [0.2, 0.25) is 0 Å². The molecule has 5 aliphatic rings. The summed E-state index contributed by atoms with van der Waals surface area (Å²) in [7, 11) is 0. The highest BCUT2D eigenvalue weighted by atomic mass is 16.5. The molecule has 0 spiro atoms. The molecule has 4 saturated carbocycles. The van der Waals surface area contributed by atoms with E-state index in [2.05, 4.69) is 13.8 Å². The predicted molar refractivity (Wildman–Crippen MR) is 100 cm³/mol. The van der Waals surface area contributed by atoms with E-state index in [9.17, 15) is 9.90 Å². The zero-order valence-electron chi connectivity index (χ0n) is 16.4. The number of hydrogen-bond donors (Lipinski definition) is 1. The Morgan fingerprint density at radius 3 is 2.58 bits per heavy atom. The molecule has 0 saturated heterocycles. The zero-order valence-corrected chi connectivity index (χ0v) is 16.4. The van der Waals surface area contributed by atoms with Gasteiger partial charge in [-0.3, -0.25) is 0 Å². The minimum absolute atomic E-state index is 0.124. The molecule has 4 aliphatic carbocycles. The smallest absolute Gasteiger partial charge is 0.331 e. The van der Waals surface area contributed by atoms with Gasteiger partial charge in [-0.15, -0.1) is 0 Å². The molecule has 0 aromatic carbocycles. The molecular formula is C23H34O3. The van der Waals surface area contributed by atoms with E-state index in [4.69, 9.17) is 4.74 Å². The molecule has 0 radical (unpaired) electrons. The lowest BCUT2D eigenvalue weighted by Gasteiger charge is -2.63. The van der Waals surface area contributed by atoms with Crippen LogP contribution in [0.3, 0.4) is 0 Å². The minimum atomic E-state index is -0.410. The summed E-state index contributed by atoms with van der Waals surface area (Å²) in [5.74, 6) is 2.60. The van der Waals surface area contributed by atoms with Gasteiger partial charge in [0.1, 0.15) is 6.61 Å². The van der Waals surface area contributed by atoms with E-state index in [0.29, 0.717) is 23.9 Å². The topological polar surface area (TPSA) is 46.5 Å². The summed E-state index contributed by atoms with van der Waals surface area (Å²) in [6.07, 6.45) is 13.7. The van der Waals surface area contributed by atoms with Gasteiger partial charge in [-0.2, -0.15) is 0 Å². The van der Waals surface area contributed by atoms with Crippen LogP contribution in [0.5, 0.6) is 0 Å². The van der Waals surface area contributed by atoms with Crippen LogP contribution in [-0.2, 0) is 9.53 Å². The second-order valence-electron chi connectivity index (χ2n) is 10.6. The van der Waals surface area contributed by atoms with Crippen LogP contribution >= 0.6 is 0 Å². The second kappa shape index (κ2) is 5.59. The molecule has 4 fully saturated rings. The van der Waals surface area contributed by atoms with Crippen LogP contribution in [0, 0.1) is 34.5 Å². The third-order valence-electron chi connectivity index (χ3n) is 9.88. The lowest BCUT2D eigenvalue weighted by molar-refractivity contribution is -0.203. The molecule has 7 atom stereocenters. The molecule has 1 aliphatic heterocycles. The van der Waals surface area contributed by atoms with Crippen LogP contribution in [-0.4, -0.2) is 23.3 Å². The Balaban J connectivity index is 1.45. The van der Waals surface area contributed by atoms with Gasteiger partial charge in [0.25, 0.3) is 0 Å². The summed E-state index contributed by atoms with van der Waals surface area (Å²) in [6, 6.07) is 0. The molecule has 0 aromatic heterocycles. The Labute approximate surface area is 157 Å². The molecule has 0 bridgehead atoms. The van der Waals surface area contributed by atoms with E-state index in [1.165, 1.54) is 56.9 Å². The van der Waals surface area contributed by atoms with E-state index in [1.807, 2.05) is 0 Å². The molecule has 0 amide bonds. The maximum Gasteiger partial charge on any atom is 0.331 e. The first-order valence-electron chi connectivity index (χ1n) is 11.0. The van der Waals surface area contributed by atoms with Crippen LogP contribution in [0.25, 0.3) is 0 Å². The summed E-state index contributed by atoms with van der Waals surface area (Å²) >= 11 is 0. The molecule has 0 unspecified atom stereocenters.